The summed E-state index contributed by atoms with van der Waals surface area (Å²) in [5, 5.41) is 11.3. The summed E-state index contributed by atoms with van der Waals surface area (Å²) in [7, 11) is 1.71. The second-order valence-electron chi connectivity index (χ2n) is 4.41. The van der Waals surface area contributed by atoms with Crippen LogP contribution in [0.1, 0.15) is 12.0 Å². The van der Waals surface area contributed by atoms with Gasteiger partial charge in [-0.25, -0.2) is 0 Å². The predicted octanol–water partition coefficient (Wildman–Crippen LogP) is 2.10. The third-order valence-corrected chi connectivity index (χ3v) is 3.18. The molecular weight excluding hydrogens is 312 g/mol. The summed E-state index contributed by atoms with van der Waals surface area (Å²) in [6, 6.07) is 5.66. The smallest absolute Gasteiger partial charge is 0.304 e. The number of anilines is 1. The number of carbonyl (C=O) groups is 2. The molecule has 0 saturated carbocycles. The van der Waals surface area contributed by atoms with Gasteiger partial charge in [0, 0.05) is 11.0 Å². The Hall–Kier alpha value is -1.40. The molecule has 0 aliphatic rings. The van der Waals surface area contributed by atoms with Crippen LogP contribution < -0.4 is 5.32 Å². The molecule has 0 fully saturated rings. The van der Waals surface area contributed by atoms with Gasteiger partial charge in [-0.2, -0.15) is 0 Å². The zero-order valence-electron chi connectivity index (χ0n) is 10.9. The highest BCUT2D eigenvalue weighted by atomic mass is 79.9. The molecule has 1 aromatic carbocycles. The van der Waals surface area contributed by atoms with Crippen LogP contribution in [0.4, 0.5) is 5.69 Å². The lowest BCUT2D eigenvalue weighted by molar-refractivity contribution is -0.137. The van der Waals surface area contributed by atoms with Crippen molar-refractivity contribution in [2.75, 3.05) is 25.5 Å². The lowest BCUT2D eigenvalue weighted by Gasteiger charge is -2.15. The summed E-state index contributed by atoms with van der Waals surface area (Å²) in [6.45, 7) is 2.47. The lowest BCUT2D eigenvalue weighted by atomic mass is 10.2. The molecule has 2 N–H and O–H groups in total. The Morgan fingerprint density at radius 3 is 2.68 bits per heavy atom. The van der Waals surface area contributed by atoms with E-state index in [1.54, 1.807) is 11.9 Å². The van der Waals surface area contributed by atoms with E-state index in [4.69, 9.17) is 5.11 Å². The molecule has 0 heterocycles. The Morgan fingerprint density at radius 1 is 1.42 bits per heavy atom. The van der Waals surface area contributed by atoms with E-state index in [0.717, 1.165) is 10.0 Å². The van der Waals surface area contributed by atoms with Crippen molar-refractivity contribution >= 4 is 33.5 Å². The van der Waals surface area contributed by atoms with Gasteiger partial charge in [0.2, 0.25) is 5.91 Å². The number of carboxylic acids is 1. The molecule has 5 nitrogen and oxygen atoms in total. The highest BCUT2D eigenvalue weighted by Crippen LogP contribution is 2.23. The van der Waals surface area contributed by atoms with Crippen LogP contribution in [0.15, 0.2) is 22.7 Å². The molecule has 0 bridgehead atoms. The van der Waals surface area contributed by atoms with Gasteiger partial charge in [-0.3, -0.25) is 14.5 Å². The van der Waals surface area contributed by atoms with Crippen molar-refractivity contribution in [3.8, 4) is 0 Å². The summed E-state index contributed by atoms with van der Waals surface area (Å²) >= 11 is 3.39. The highest BCUT2D eigenvalue weighted by molar-refractivity contribution is 9.10. The molecule has 6 heteroatoms. The number of likely N-dealkylation sites (N-methyl/N-ethyl adjacent to an activating group) is 1. The second-order valence-corrected chi connectivity index (χ2v) is 5.27. The fourth-order valence-electron chi connectivity index (χ4n) is 1.52. The Kier molecular flexibility index (Phi) is 5.98. The molecule has 0 unspecified atom stereocenters. The van der Waals surface area contributed by atoms with Gasteiger partial charge < -0.3 is 10.4 Å². The molecule has 0 atom stereocenters. The number of nitrogens with zero attached hydrogens (tertiary/aromatic N) is 1. The molecule has 0 spiro atoms. The van der Waals surface area contributed by atoms with Crippen molar-refractivity contribution in [2.24, 2.45) is 0 Å². The topological polar surface area (TPSA) is 69.6 Å². The van der Waals surface area contributed by atoms with Crippen molar-refractivity contribution in [1.82, 2.24) is 4.90 Å². The number of rotatable bonds is 6. The van der Waals surface area contributed by atoms with Crippen molar-refractivity contribution in [3.63, 3.8) is 0 Å². The van der Waals surface area contributed by atoms with Crippen LogP contribution in [0.5, 0.6) is 0 Å². The predicted molar refractivity (Wildman–Crippen MR) is 77.3 cm³/mol. The summed E-state index contributed by atoms with van der Waals surface area (Å²) < 4.78 is 0.828. The summed E-state index contributed by atoms with van der Waals surface area (Å²) in [5.41, 5.74) is 1.81. The van der Waals surface area contributed by atoms with Crippen LogP contribution in [0.2, 0.25) is 0 Å². The first-order chi connectivity index (χ1) is 8.88. The third-order valence-electron chi connectivity index (χ3n) is 2.52. The number of halogens is 1. The zero-order valence-corrected chi connectivity index (χ0v) is 12.5. The molecule has 0 aliphatic heterocycles. The number of carboxylic acid groups (broad SMARTS) is 1. The number of nitrogens with one attached hydrogen (secondary N) is 1. The third kappa shape index (κ3) is 5.85. The van der Waals surface area contributed by atoms with Crippen molar-refractivity contribution < 1.29 is 14.7 Å². The molecule has 1 rings (SSSR count). The summed E-state index contributed by atoms with van der Waals surface area (Å²) in [6.07, 6.45) is 0.0258. The average Bonchev–Trinajstić information content (AvgIpc) is 2.30. The van der Waals surface area contributed by atoms with Gasteiger partial charge in [0.1, 0.15) is 0 Å². The Morgan fingerprint density at radius 2 is 2.11 bits per heavy atom. The number of aryl methyl sites for hydroxylation is 1. The Balaban J connectivity index is 2.48. The van der Waals surface area contributed by atoms with Gasteiger partial charge >= 0.3 is 5.97 Å². The summed E-state index contributed by atoms with van der Waals surface area (Å²) in [5.74, 6) is -1.04. The van der Waals surface area contributed by atoms with E-state index in [0.29, 0.717) is 12.2 Å². The molecule has 0 radical (unpaired) electrons. The van der Waals surface area contributed by atoms with Gasteiger partial charge in [-0.15, -0.1) is 0 Å². The molecule has 19 heavy (non-hydrogen) atoms. The minimum Gasteiger partial charge on any atom is -0.481 e. The van der Waals surface area contributed by atoms with E-state index in [1.807, 2.05) is 25.1 Å². The lowest BCUT2D eigenvalue weighted by Crippen LogP contribution is -2.31. The number of amides is 1. The molecule has 1 aromatic rings. The van der Waals surface area contributed by atoms with E-state index in [1.165, 1.54) is 0 Å². The minimum absolute atomic E-state index is 0.0258. The van der Waals surface area contributed by atoms with Gasteiger partial charge in [-0.05, 0) is 47.6 Å². The largest absolute Gasteiger partial charge is 0.481 e. The van der Waals surface area contributed by atoms with E-state index in [2.05, 4.69) is 21.2 Å². The number of benzene rings is 1. The van der Waals surface area contributed by atoms with E-state index in [-0.39, 0.29) is 18.9 Å². The van der Waals surface area contributed by atoms with Gasteiger partial charge in [-0.1, -0.05) is 6.07 Å². The van der Waals surface area contributed by atoms with E-state index >= 15 is 0 Å². The number of hydrogen-bond donors (Lipinski definition) is 2. The highest BCUT2D eigenvalue weighted by Gasteiger charge is 2.09. The van der Waals surface area contributed by atoms with E-state index in [9.17, 15) is 9.59 Å². The van der Waals surface area contributed by atoms with Crippen LogP contribution in [-0.4, -0.2) is 42.0 Å². The molecule has 0 saturated heterocycles. The maximum absolute atomic E-state index is 11.8. The first-order valence-corrected chi connectivity index (χ1v) is 6.64. The molecule has 1 amide bonds. The van der Waals surface area contributed by atoms with E-state index < -0.39 is 5.97 Å². The number of hydrogen-bond acceptors (Lipinski definition) is 3. The van der Waals surface area contributed by atoms with Gasteiger partial charge in [0.25, 0.3) is 0 Å². The first kappa shape index (κ1) is 15.7. The average molecular weight is 329 g/mol. The number of aliphatic carboxylic acids is 1. The van der Waals surface area contributed by atoms with Crippen molar-refractivity contribution in [1.29, 1.82) is 0 Å². The monoisotopic (exact) mass is 328 g/mol. The Labute approximate surface area is 120 Å². The quantitative estimate of drug-likeness (QED) is 0.839. The molecule has 0 aromatic heterocycles. The SMILES string of the molecule is Cc1ccc(NC(=O)CN(C)CCC(=O)O)c(Br)c1. The number of carbonyl (C=O) groups excluding carboxylic acids is 1. The van der Waals surface area contributed by atoms with Crippen LogP contribution in [0.3, 0.4) is 0 Å². The molecule has 0 aliphatic carbocycles. The molecular formula is C13H17BrN2O3. The van der Waals surface area contributed by atoms with Crippen LogP contribution >= 0.6 is 15.9 Å². The van der Waals surface area contributed by atoms with Gasteiger partial charge in [0.05, 0.1) is 18.7 Å². The normalized spacial score (nSPS) is 10.5. The first-order valence-electron chi connectivity index (χ1n) is 5.85. The minimum atomic E-state index is -0.867. The summed E-state index contributed by atoms with van der Waals surface area (Å²) in [4.78, 5) is 23.9. The maximum Gasteiger partial charge on any atom is 0.304 e. The Bertz CT molecular complexity index is 477. The van der Waals surface area contributed by atoms with Crippen LogP contribution in [-0.2, 0) is 9.59 Å². The fraction of sp³-hybridized carbons (Fsp3) is 0.385. The van der Waals surface area contributed by atoms with Gasteiger partial charge in [0.15, 0.2) is 0 Å². The van der Waals surface area contributed by atoms with Crippen molar-refractivity contribution in [3.05, 3.63) is 28.2 Å². The second kappa shape index (κ2) is 7.25. The zero-order chi connectivity index (χ0) is 14.4. The maximum atomic E-state index is 11.8. The van der Waals surface area contributed by atoms with Crippen LogP contribution in [0, 0.1) is 6.92 Å². The molecule has 104 valence electrons. The standard InChI is InChI=1S/C13H17BrN2O3/c1-9-3-4-11(10(14)7-9)15-12(17)8-16(2)6-5-13(18)19/h3-4,7H,5-6,8H2,1-2H3,(H,15,17)(H,18,19). The van der Waals surface area contributed by atoms with Crippen LogP contribution in [0.25, 0.3) is 0 Å². The van der Waals surface area contributed by atoms with Crippen molar-refractivity contribution in [2.45, 2.75) is 13.3 Å². The fourth-order valence-corrected chi connectivity index (χ4v) is 2.11.